The maximum Gasteiger partial charge on any atom is 0.257 e. The van der Waals surface area contributed by atoms with Gasteiger partial charge in [0.25, 0.3) is 5.91 Å². The monoisotopic (exact) mass is 271 g/mol. The number of carbonyl (C=O) groups excluding carboxylic acids is 1. The molecule has 0 bridgehead atoms. The number of nitrogens with two attached hydrogens (primary N) is 1. The van der Waals surface area contributed by atoms with Gasteiger partial charge in [-0.3, -0.25) is 15.5 Å². The van der Waals surface area contributed by atoms with Crippen LogP contribution in [-0.4, -0.2) is 33.7 Å². The molecule has 98 valence electrons. The van der Waals surface area contributed by atoms with Gasteiger partial charge in [0.1, 0.15) is 10.6 Å². The lowest BCUT2D eigenvalue weighted by Crippen LogP contribution is -2.35. The highest BCUT2D eigenvalue weighted by Gasteiger charge is 2.17. The number of hydrogen-bond acceptors (Lipinski definition) is 5. The highest BCUT2D eigenvalue weighted by atomic mass is 32.2. The van der Waals surface area contributed by atoms with Gasteiger partial charge in [0, 0.05) is 11.8 Å². The van der Waals surface area contributed by atoms with E-state index in [1.807, 2.05) is 0 Å². The number of benzene rings is 1. The van der Waals surface area contributed by atoms with E-state index in [4.69, 9.17) is 15.9 Å². The smallest absolute Gasteiger partial charge is 0.257 e. The molecule has 0 saturated carbocycles. The number of nitrogens with one attached hydrogen (secondary N) is 2. The molecule has 0 aliphatic rings. The van der Waals surface area contributed by atoms with Crippen LogP contribution < -0.4 is 15.8 Å². The average molecular weight is 271 g/mol. The number of hydrogen-bond donors (Lipinski definition) is 3. The van der Waals surface area contributed by atoms with Crippen LogP contribution in [0.15, 0.2) is 23.1 Å². The summed E-state index contributed by atoms with van der Waals surface area (Å²) >= 11 is 0. The van der Waals surface area contributed by atoms with Crippen LogP contribution in [0.4, 0.5) is 0 Å². The van der Waals surface area contributed by atoms with Gasteiger partial charge in [-0.2, -0.15) is 0 Å². The van der Waals surface area contributed by atoms with E-state index in [0.717, 1.165) is 6.26 Å². The zero-order valence-electron chi connectivity index (χ0n) is 9.85. The summed E-state index contributed by atoms with van der Waals surface area (Å²) in [6.07, 6.45) is 1.01. The van der Waals surface area contributed by atoms with Crippen molar-refractivity contribution in [1.82, 2.24) is 5.32 Å². The second-order valence-corrected chi connectivity index (χ2v) is 5.49. The van der Waals surface area contributed by atoms with Crippen molar-refractivity contribution in [2.75, 3.05) is 13.4 Å². The Kier molecular flexibility index (Phi) is 3.92. The summed E-state index contributed by atoms with van der Waals surface area (Å²) < 4.78 is 28.0. The third-order valence-corrected chi connectivity index (χ3v) is 3.19. The largest absolute Gasteiger partial charge is 0.495 e. The van der Waals surface area contributed by atoms with E-state index in [0.29, 0.717) is 0 Å². The number of rotatable bonds is 3. The van der Waals surface area contributed by atoms with Crippen molar-refractivity contribution in [3.05, 3.63) is 23.8 Å². The first kappa shape index (κ1) is 14.0. The van der Waals surface area contributed by atoms with Crippen molar-refractivity contribution < 1.29 is 17.9 Å². The summed E-state index contributed by atoms with van der Waals surface area (Å²) in [4.78, 5) is 11.5. The Bertz CT molecular complexity index is 595. The molecule has 0 saturated heterocycles. The van der Waals surface area contributed by atoms with Crippen LogP contribution in [0.2, 0.25) is 0 Å². The second-order valence-electron chi connectivity index (χ2n) is 3.51. The maximum absolute atomic E-state index is 11.6. The third-order valence-electron chi connectivity index (χ3n) is 2.07. The van der Waals surface area contributed by atoms with Gasteiger partial charge in [0.2, 0.25) is 0 Å². The Hall–Kier alpha value is -2.09. The van der Waals surface area contributed by atoms with Gasteiger partial charge in [-0.25, -0.2) is 8.42 Å². The van der Waals surface area contributed by atoms with Crippen LogP contribution >= 0.6 is 0 Å². The molecule has 1 amide bonds. The van der Waals surface area contributed by atoms with Gasteiger partial charge in [-0.05, 0) is 18.2 Å². The molecule has 0 radical (unpaired) electrons. The maximum atomic E-state index is 11.6. The molecule has 1 rings (SSSR count). The Balaban J connectivity index is 3.27. The van der Waals surface area contributed by atoms with Crippen molar-refractivity contribution in [3.63, 3.8) is 0 Å². The predicted molar refractivity (Wildman–Crippen MR) is 65.5 cm³/mol. The van der Waals surface area contributed by atoms with Crippen molar-refractivity contribution in [1.29, 1.82) is 5.41 Å². The molecular formula is C10H13N3O4S. The van der Waals surface area contributed by atoms with E-state index in [-0.39, 0.29) is 16.2 Å². The van der Waals surface area contributed by atoms with E-state index < -0.39 is 21.7 Å². The summed E-state index contributed by atoms with van der Waals surface area (Å²) in [5.74, 6) is -1.02. The summed E-state index contributed by atoms with van der Waals surface area (Å²) in [5.41, 5.74) is 5.09. The van der Waals surface area contributed by atoms with Gasteiger partial charge in [-0.1, -0.05) is 0 Å². The summed E-state index contributed by atoms with van der Waals surface area (Å²) in [6.45, 7) is 0. The Morgan fingerprint density at radius 2 is 2.06 bits per heavy atom. The van der Waals surface area contributed by atoms with E-state index in [1.165, 1.54) is 25.3 Å². The molecule has 0 atom stereocenters. The molecule has 0 spiro atoms. The fourth-order valence-electron chi connectivity index (χ4n) is 1.30. The van der Waals surface area contributed by atoms with Gasteiger partial charge in [0.05, 0.1) is 7.11 Å². The van der Waals surface area contributed by atoms with Crippen LogP contribution in [0.25, 0.3) is 0 Å². The van der Waals surface area contributed by atoms with Gasteiger partial charge in [-0.15, -0.1) is 0 Å². The van der Waals surface area contributed by atoms with E-state index in [2.05, 4.69) is 5.32 Å². The molecule has 0 aliphatic heterocycles. The lowest BCUT2D eigenvalue weighted by molar-refractivity contribution is 0.0976. The number of amides is 1. The van der Waals surface area contributed by atoms with E-state index in [1.54, 1.807) is 0 Å². The zero-order valence-corrected chi connectivity index (χ0v) is 10.7. The van der Waals surface area contributed by atoms with Gasteiger partial charge >= 0.3 is 0 Å². The van der Waals surface area contributed by atoms with Crippen LogP contribution in [0.1, 0.15) is 10.4 Å². The standard InChI is InChI=1S/C10H13N3O4S/c1-17-7-4-3-6(9(14)13-10(11)12)5-8(7)18(2,15)16/h3-5H,1-2H3,(H4,11,12,13,14). The first-order valence-corrected chi connectivity index (χ1v) is 6.68. The topological polar surface area (TPSA) is 122 Å². The molecule has 0 aliphatic carbocycles. The van der Waals surface area contributed by atoms with Crippen molar-refractivity contribution >= 4 is 21.7 Å². The molecule has 8 heteroatoms. The molecule has 0 unspecified atom stereocenters. The quantitative estimate of drug-likeness (QED) is 0.515. The third kappa shape index (κ3) is 3.20. The highest BCUT2D eigenvalue weighted by Crippen LogP contribution is 2.24. The number of ether oxygens (including phenoxy) is 1. The first-order chi connectivity index (χ1) is 8.25. The highest BCUT2D eigenvalue weighted by molar-refractivity contribution is 7.90. The molecule has 0 fully saturated rings. The molecule has 1 aromatic rings. The second kappa shape index (κ2) is 5.05. The molecule has 7 nitrogen and oxygen atoms in total. The summed E-state index contributed by atoms with van der Waals surface area (Å²) in [5, 5.41) is 8.99. The van der Waals surface area contributed by atoms with Crippen LogP contribution in [-0.2, 0) is 9.84 Å². The minimum absolute atomic E-state index is 0.0754. The molecule has 0 aromatic heterocycles. The van der Waals surface area contributed by atoms with Crippen molar-refractivity contribution in [2.45, 2.75) is 4.90 Å². The fourth-order valence-corrected chi connectivity index (χ4v) is 2.16. The molecule has 18 heavy (non-hydrogen) atoms. The molecule has 0 heterocycles. The van der Waals surface area contributed by atoms with Crippen molar-refractivity contribution in [3.8, 4) is 5.75 Å². The fraction of sp³-hybridized carbons (Fsp3) is 0.200. The normalized spacial score (nSPS) is 10.8. The zero-order chi connectivity index (χ0) is 13.9. The Morgan fingerprint density at radius 1 is 1.44 bits per heavy atom. The van der Waals surface area contributed by atoms with E-state index >= 15 is 0 Å². The number of methoxy groups -OCH3 is 1. The molecular weight excluding hydrogens is 258 g/mol. The van der Waals surface area contributed by atoms with Crippen LogP contribution in [0.3, 0.4) is 0 Å². The number of sulfone groups is 1. The number of carbonyl (C=O) groups is 1. The first-order valence-electron chi connectivity index (χ1n) is 4.79. The number of guanidine groups is 1. The van der Waals surface area contributed by atoms with Crippen molar-refractivity contribution in [2.24, 2.45) is 5.73 Å². The van der Waals surface area contributed by atoms with Crippen LogP contribution in [0.5, 0.6) is 5.75 Å². The molecule has 1 aromatic carbocycles. The van der Waals surface area contributed by atoms with Gasteiger partial charge < -0.3 is 10.5 Å². The SMILES string of the molecule is COc1ccc(C(=O)NC(=N)N)cc1S(C)(=O)=O. The Labute approximate surface area is 104 Å². The summed E-state index contributed by atoms with van der Waals surface area (Å²) in [6, 6.07) is 3.92. The lowest BCUT2D eigenvalue weighted by Gasteiger charge is -2.09. The minimum atomic E-state index is -3.52. The van der Waals surface area contributed by atoms with E-state index in [9.17, 15) is 13.2 Å². The van der Waals surface area contributed by atoms with Crippen LogP contribution in [0, 0.1) is 5.41 Å². The predicted octanol–water partition coefficient (Wildman–Crippen LogP) is -0.278. The Morgan fingerprint density at radius 3 is 2.50 bits per heavy atom. The summed E-state index contributed by atoms with van der Waals surface area (Å²) in [7, 11) is -2.19. The average Bonchev–Trinajstić information content (AvgIpc) is 2.26. The molecule has 4 N–H and O–H groups in total. The van der Waals surface area contributed by atoms with Gasteiger partial charge in [0.15, 0.2) is 15.8 Å². The lowest BCUT2D eigenvalue weighted by atomic mass is 10.2. The minimum Gasteiger partial charge on any atom is -0.495 e.